The number of carbonyl (C=O) groups excluding carboxylic acids is 1. The molecule has 0 saturated heterocycles. The predicted molar refractivity (Wildman–Crippen MR) is 52.7 cm³/mol. The number of hydrogen-bond acceptors (Lipinski definition) is 2. The van der Waals surface area contributed by atoms with Crippen LogP contribution in [0.15, 0.2) is 9.66 Å². The van der Waals surface area contributed by atoms with Gasteiger partial charge >= 0.3 is 0 Å². The second kappa shape index (κ2) is 6.60. The van der Waals surface area contributed by atoms with Crippen molar-refractivity contribution in [3.8, 4) is 0 Å². The van der Waals surface area contributed by atoms with Gasteiger partial charge in [-0.1, -0.05) is 0 Å². The smallest absolute Gasteiger partial charge is 0.244 e. The first-order chi connectivity index (χ1) is 5.16. The van der Waals surface area contributed by atoms with E-state index in [9.17, 15) is 4.79 Å². The molecule has 4 heteroatoms. The summed E-state index contributed by atoms with van der Waals surface area (Å²) in [6.45, 7) is 2.99. The normalized spacial score (nSPS) is 11.4. The van der Waals surface area contributed by atoms with Crippen LogP contribution in [-0.2, 0) is 9.53 Å². The molecule has 0 radical (unpaired) electrons. The van der Waals surface area contributed by atoms with Gasteiger partial charge in [-0.15, -0.1) is 0 Å². The lowest BCUT2D eigenvalue weighted by Gasteiger charge is -1.99. The van der Waals surface area contributed by atoms with Crippen molar-refractivity contribution in [2.45, 2.75) is 6.92 Å². The molecule has 0 aromatic heterocycles. The van der Waals surface area contributed by atoms with Crippen molar-refractivity contribution in [1.82, 2.24) is 5.32 Å². The molecule has 0 rings (SSSR count). The Morgan fingerprint density at radius 2 is 2.36 bits per heavy atom. The third kappa shape index (κ3) is 7.80. The summed E-state index contributed by atoms with van der Waals surface area (Å²) in [5.74, 6) is -0.0612. The zero-order chi connectivity index (χ0) is 8.69. The van der Waals surface area contributed by atoms with Crippen LogP contribution >= 0.6 is 22.6 Å². The van der Waals surface area contributed by atoms with Crippen molar-refractivity contribution >= 4 is 28.5 Å². The molecule has 0 saturated carbocycles. The maximum atomic E-state index is 10.9. The highest BCUT2D eigenvalue weighted by atomic mass is 127. The molecule has 0 aromatic rings. The summed E-state index contributed by atoms with van der Waals surface area (Å²) in [6.07, 6.45) is 1.55. The fourth-order valence-electron chi connectivity index (χ4n) is 0.508. The Bertz CT molecular complexity index is 153. The first-order valence-corrected chi connectivity index (χ1v) is 4.35. The summed E-state index contributed by atoms with van der Waals surface area (Å²) >= 11 is 2.09. The number of halogens is 1. The van der Waals surface area contributed by atoms with E-state index >= 15 is 0 Å². The maximum Gasteiger partial charge on any atom is 0.244 e. The molecular formula is C7H12INO2. The molecule has 0 bridgehead atoms. The lowest BCUT2D eigenvalue weighted by atomic mass is 10.5. The molecule has 0 atom stereocenters. The molecule has 11 heavy (non-hydrogen) atoms. The average molecular weight is 269 g/mol. The topological polar surface area (TPSA) is 38.3 Å². The summed E-state index contributed by atoms with van der Waals surface area (Å²) < 4.78 is 5.73. The monoisotopic (exact) mass is 269 g/mol. The first-order valence-electron chi connectivity index (χ1n) is 3.27. The lowest BCUT2D eigenvalue weighted by molar-refractivity contribution is -0.116. The van der Waals surface area contributed by atoms with Crippen molar-refractivity contribution in [1.29, 1.82) is 0 Å². The molecule has 0 spiro atoms. The molecule has 0 aromatic carbocycles. The van der Waals surface area contributed by atoms with Gasteiger partial charge in [0.05, 0.1) is 6.61 Å². The first kappa shape index (κ1) is 10.9. The van der Waals surface area contributed by atoms with Crippen LogP contribution in [0.2, 0.25) is 0 Å². The molecule has 1 amide bonds. The third-order valence-corrected chi connectivity index (χ3v) is 1.25. The fourth-order valence-corrected chi connectivity index (χ4v) is 0.791. The lowest BCUT2D eigenvalue weighted by Crippen LogP contribution is -2.25. The summed E-state index contributed by atoms with van der Waals surface area (Å²) in [6, 6.07) is 0. The van der Waals surface area contributed by atoms with Crippen LogP contribution in [0.5, 0.6) is 0 Å². The van der Waals surface area contributed by atoms with Crippen LogP contribution in [0.1, 0.15) is 6.92 Å². The SMILES string of the molecule is COCCNC(=O)C=C(C)I. The summed E-state index contributed by atoms with van der Waals surface area (Å²) in [4.78, 5) is 10.9. The molecule has 0 aliphatic rings. The average Bonchev–Trinajstić information content (AvgIpc) is 1.86. The van der Waals surface area contributed by atoms with Crippen LogP contribution in [0.25, 0.3) is 0 Å². The van der Waals surface area contributed by atoms with E-state index in [2.05, 4.69) is 27.9 Å². The third-order valence-electron chi connectivity index (χ3n) is 0.935. The molecule has 1 N–H and O–H groups in total. The Balaban J connectivity index is 3.46. The number of allylic oxidation sites excluding steroid dienone is 1. The second-order valence-corrected chi connectivity index (χ2v) is 3.72. The van der Waals surface area contributed by atoms with Crippen LogP contribution in [0.4, 0.5) is 0 Å². The molecule has 64 valence electrons. The van der Waals surface area contributed by atoms with E-state index in [4.69, 9.17) is 4.74 Å². The second-order valence-electron chi connectivity index (χ2n) is 2.01. The maximum absolute atomic E-state index is 10.9. The van der Waals surface area contributed by atoms with Gasteiger partial charge in [0.15, 0.2) is 0 Å². The summed E-state index contributed by atoms with van der Waals surface area (Å²) in [5.41, 5.74) is 0. The van der Waals surface area contributed by atoms with Gasteiger partial charge in [-0.05, 0) is 33.1 Å². The Morgan fingerprint density at radius 3 is 2.82 bits per heavy atom. The zero-order valence-corrected chi connectivity index (χ0v) is 8.84. The van der Waals surface area contributed by atoms with E-state index in [-0.39, 0.29) is 5.91 Å². The number of amides is 1. The molecule has 0 unspecified atom stereocenters. The molecule has 3 nitrogen and oxygen atoms in total. The van der Waals surface area contributed by atoms with E-state index in [1.54, 1.807) is 13.2 Å². The Morgan fingerprint density at radius 1 is 1.73 bits per heavy atom. The van der Waals surface area contributed by atoms with Gasteiger partial charge in [-0.25, -0.2) is 0 Å². The van der Waals surface area contributed by atoms with Crippen LogP contribution < -0.4 is 5.32 Å². The highest BCUT2D eigenvalue weighted by Gasteiger charge is 1.93. The minimum Gasteiger partial charge on any atom is -0.383 e. The van der Waals surface area contributed by atoms with Gasteiger partial charge in [-0.3, -0.25) is 4.79 Å². The Labute approximate surface area is 80.3 Å². The standard InChI is InChI=1S/C7H12INO2/c1-6(8)5-7(10)9-3-4-11-2/h5H,3-4H2,1-2H3,(H,9,10). The van der Waals surface area contributed by atoms with Crippen LogP contribution in [0, 0.1) is 0 Å². The molecule has 0 heterocycles. The van der Waals surface area contributed by atoms with Crippen molar-refractivity contribution in [2.75, 3.05) is 20.3 Å². The highest BCUT2D eigenvalue weighted by Crippen LogP contribution is 2.01. The van der Waals surface area contributed by atoms with Crippen molar-refractivity contribution in [3.63, 3.8) is 0 Å². The number of nitrogens with one attached hydrogen (secondary N) is 1. The quantitative estimate of drug-likeness (QED) is 0.471. The number of rotatable bonds is 4. The highest BCUT2D eigenvalue weighted by molar-refractivity contribution is 14.1. The minimum absolute atomic E-state index is 0.0612. The van der Waals surface area contributed by atoms with E-state index in [0.717, 1.165) is 3.58 Å². The van der Waals surface area contributed by atoms with Gasteiger partial charge in [-0.2, -0.15) is 0 Å². The fraction of sp³-hybridized carbons (Fsp3) is 0.571. The molecule has 0 aliphatic heterocycles. The Kier molecular flexibility index (Phi) is 6.54. The largest absolute Gasteiger partial charge is 0.383 e. The molecule has 0 aliphatic carbocycles. The van der Waals surface area contributed by atoms with Crippen molar-refractivity contribution in [3.05, 3.63) is 9.66 Å². The van der Waals surface area contributed by atoms with Crippen LogP contribution in [0.3, 0.4) is 0 Å². The van der Waals surface area contributed by atoms with E-state index in [1.165, 1.54) is 0 Å². The van der Waals surface area contributed by atoms with E-state index < -0.39 is 0 Å². The molecule has 0 fully saturated rings. The number of hydrogen-bond donors (Lipinski definition) is 1. The summed E-state index contributed by atoms with van der Waals surface area (Å²) in [5, 5.41) is 2.67. The van der Waals surface area contributed by atoms with Crippen LogP contribution in [-0.4, -0.2) is 26.2 Å². The minimum atomic E-state index is -0.0612. The van der Waals surface area contributed by atoms with Gasteiger partial charge in [0.2, 0.25) is 5.91 Å². The number of carbonyl (C=O) groups is 1. The van der Waals surface area contributed by atoms with E-state index in [0.29, 0.717) is 13.2 Å². The number of ether oxygens (including phenoxy) is 1. The number of methoxy groups -OCH3 is 1. The molecular weight excluding hydrogens is 257 g/mol. The van der Waals surface area contributed by atoms with Crippen molar-refractivity contribution in [2.24, 2.45) is 0 Å². The Hall–Kier alpha value is -0.100. The van der Waals surface area contributed by atoms with E-state index in [1.807, 2.05) is 6.92 Å². The zero-order valence-electron chi connectivity index (χ0n) is 6.69. The van der Waals surface area contributed by atoms with Gasteiger partial charge in [0.1, 0.15) is 0 Å². The van der Waals surface area contributed by atoms with Gasteiger partial charge in [0.25, 0.3) is 0 Å². The van der Waals surface area contributed by atoms with Gasteiger partial charge < -0.3 is 10.1 Å². The van der Waals surface area contributed by atoms with Crippen molar-refractivity contribution < 1.29 is 9.53 Å². The van der Waals surface area contributed by atoms with Gasteiger partial charge in [0, 0.05) is 19.7 Å². The summed E-state index contributed by atoms with van der Waals surface area (Å²) in [7, 11) is 1.60. The predicted octanol–water partition coefficient (Wildman–Crippen LogP) is 1.09.